The monoisotopic (exact) mass is 265 g/mol. The molecule has 0 fully saturated rings. The van der Waals surface area contributed by atoms with Crippen molar-refractivity contribution in [2.75, 3.05) is 13.7 Å². The third-order valence-corrected chi connectivity index (χ3v) is 2.65. The number of benzene rings is 1. The molecule has 0 bridgehead atoms. The van der Waals surface area contributed by atoms with Crippen molar-refractivity contribution in [3.05, 3.63) is 29.3 Å². The van der Waals surface area contributed by atoms with Crippen LogP contribution in [0.4, 0.5) is 0 Å². The molecule has 19 heavy (non-hydrogen) atoms. The summed E-state index contributed by atoms with van der Waals surface area (Å²) in [6.07, 6.45) is -0.144. The van der Waals surface area contributed by atoms with Crippen molar-refractivity contribution >= 4 is 11.8 Å². The van der Waals surface area contributed by atoms with Crippen LogP contribution in [0.15, 0.2) is 18.2 Å². The summed E-state index contributed by atoms with van der Waals surface area (Å²) < 4.78 is 9.91. The first-order valence-corrected chi connectivity index (χ1v) is 6.09. The Kier molecular flexibility index (Phi) is 5.51. The normalized spacial score (nSPS) is 11.8. The lowest BCUT2D eigenvalue weighted by molar-refractivity contribution is -0.140. The maximum Gasteiger partial charge on any atom is 0.307 e. The summed E-state index contributed by atoms with van der Waals surface area (Å²) in [7, 11) is 1.26. The summed E-state index contributed by atoms with van der Waals surface area (Å²) in [4.78, 5) is 23.4. The zero-order chi connectivity index (χ0) is 14.4. The maximum absolute atomic E-state index is 12.2. The predicted molar refractivity (Wildman–Crippen MR) is 71.3 cm³/mol. The van der Waals surface area contributed by atoms with Crippen molar-refractivity contribution in [1.82, 2.24) is 0 Å². The Labute approximate surface area is 112 Å². The summed E-state index contributed by atoms with van der Waals surface area (Å²) in [5.41, 5.74) is 7.06. The number of ether oxygens (including phenoxy) is 2. The minimum Gasteiger partial charge on any atom is -0.493 e. The lowest BCUT2D eigenvalue weighted by Crippen LogP contribution is -2.33. The van der Waals surface area contributed by atoms with Crippen LogP contribution in [0.5, 0.6) is 5.75 Å². The molecule has 0 saturated carbocycles. The Balaban J connectivity index is 2.97. The number of rotatable bonds is 6. The summed E-state index contributed by atoms with van der Waals surface area (Å²) in [5.74, 6) is -0.345. The molecule has 0 aliphatic carbocycles. The molecule has 0 heterocycles. The maximum atomic E-state index is 12.2. The number of Topliss-reactive ketones (excluding diaryl/α,β-unsaturated/α-hetero) is 1. The van der Waals surface area contributed by atoms with E-state index in [0.717, 1.165) is 5.56 Å². The van der Waals surface area contributed by atoms with Crippen molar-refractivity contribution in [3.63, 3.8) is 0 Å². The molecular formula is C14H19NO4. The highest BCUT2D eigenvalue weighted by atomic mass is 16.5. The van der Waals surface area contributed by atoms with Gasteiger partial charge in [-0.05, 0) is 26.0 Å². The van der Waals surface area contributed by atoms with E-state index in [1.165, 1.54) is 7.11 Å². The molecule has 1 rings (SSSR count). The minimum absolute atomic E-state index is 0.144. The molecule has 5 nitrogen and oxygen atoms in total. The van der Waals surface area contributed by atoms with Gasteiger partial charge in [0.1, 0.15) is 5.75 Å². The highest BCUT2D eigenvalue weighted by Crippen LogP contribution is 2.22. The van der Waals surface area contributed by atoms with Gasteiger partial charge in [0.15, 0.2) is 5.78 Å². The van der Waals surface area contributed by atoms with Crippen LogP contribution < -0.4 is 10.5 Å². The zero-order valence-corrected chi connectivity index (χ0v) is 11.4. The molecule has 1 unspecified atom stereocenters. The first kappa shape index (κ1) is 15.2. The molecule has 0 saturated heterocycles. The molecule has 0 amide bonds. The van der Waals surface area contributed by atoms with Crippen LogP contribution in [-0.4, -0.2) is 31.5 Å². The molecule has 1 aromatic carbocycles. The molecule has 104 valence electrons. The van der Waals surface area contributed by atoms with Crippen LogP contribution >= 0.6 is 0 Å². The average Bonchev–Trinajstić information content (AvgIpc) is 2.39. The van der Waals surface area contributed by atoms with Gasteiger partial charge in [0, 0.05) is 0 Å². The largest absolute Gasteiger partial charge is 0.493 e. The topological polar surface area (TPSA) is 78.6 Å². The van der Waals surface area contributed by atoms with E-state index in [9.17, 15) is 9.59 Å². The first-order chi connectivity index (χ1) is 8.99. The Morgan fingerprint density at radius 3 is 2.63 bits per heavy atom. The first-order valence-electron chi connectivity index (χ1n) is 6.09. The lowest BCUT2D eigenvalue weighted by Gasteiger charge is -2.14. The van der Waals surface area contributed by atoms with E-state index in [1.807, 2.05) is 19.9 Å². The van der Waals surface area contributed by atoms with E-state index < -0.39 is 12.0 Å². The number of carbonyl (C=O) groups is 2. The van der Waals surface area contributed by atoms with Crippen LogP contribution in [0, 0.1) is 6.92 Å². The fraction of sp³-hybridized carbons (Fsp3) is 0.429. The second-order valence-corrected chi connectivity index (χ2v) is 4.18. The van der Waals surface area contributed by atoms with Gasteiger partial charge in [-0.2, -0.15) is 0 Å². The van der Waals surface area contributed by atoms with Crippen LogP contribution in [0.2, 0.25) is 0 Å². The standard InChI is InChI=1S/C14H19NO4/c1-4-19-12-6-5-9(2)7-10(12)14(17)11(15)8-13(16)18-3/h5-7,11H,4,8,15H2,1-3H3. The SMILES string of the molecule is CCOc1ccc(C)cc1C(=O)C(N)CC(=O)OC. The van der Waals surface area contributed by atoms with E-state index in [0.29, 0.717) is 17.9 Å². The van der Waals surface area contributed by atoms with Gasteiger partial charge in [-0.3, -0.25) is 9.59 Å². The molecule has 5 heteroatoms. The third kappa shape index (κ3) is 4.06. The second-order valence-electron chi connectivity index (χ2n) is 4.18. The Morgan fingerprint density at radius 2 is 2.05 bits per heavy atom. The smallest absolute Gasteiger partial charge is 0.307 e. The van der Waals surface area contributed by atoms with Gasteiger partial charge >= 0.3 is 5.97 Å². The molecule has 0 radical (unpaired) electrons. The number of nitrogens with two attached hydrogens (primary N) is 1. The van der Waals surface area contributed by atoms with E-state index in [1.54, 1.807) is 12.1 Å². The van der Waals surface area contributed by atoms with E-state index in [4.69, 9.17) is 10.5 Å². The van der Waals surface area contributed by atoms with E-state index in [2.05, 4.69) is 4.74 Å². The quantitative estimate of drug-likeness (QED) is 0.622. The van der Waals surface area contributed by atoms with Gasteiger partial charge in [0.05, 0.1) is 31.7 Å². The molecule has 0 aliphatic rings. The van der Waals surface area contributed by atoms with Crippen molar-refractivity contribution in [2.24, 2.45) is 5.73 Å². The highest BCUT2D eigenvalue weighted by Gasteiger charge is 2.22. The number of esters is 1. The van der Waals surface area contributed by atoms with E-state index >= 15 is 0 Å². The predicted octanol–water partition coefficient (Wildman–Crippen LogP) is 1.47. The zero-order valence-electron chi connectivity index (χ0n) is 11.4. The van der Waals surface area contributed by atoms with Gasteiger partial charge in [-0.25, -0.2) is 0 Å². The van der Waals surface area contributed by atoms with Crippen molar-refractivity contribution in [3.8, 4) is 5.75 Å². The summed E-state index contributed by atoms with van der Waals surface area (Å²) in [6, 6.07) is 4.38. The number of carbonyl (C=O) groups excluding carboxylic acids is 2. The highest BCUT2D eigenvalue weighted by molar-refractivity contribution is 6.03. The van der Waals surface area contributed by atoms with Crippen LogP contribution in [0.1, 0.15) is 29.3 Å². The Morgan fingerprint density at radius 1 is 1.37 bits per heavy atom. The molecular weight excluding hydrogens is 246 g/mol. The Bertz CT molecular complexity index is 471. The molecule has 0 spiro atoms. The summed E-state index contributed by atoms with van der Waals surface area (Å²) in [5, 5.41) is 0. The summed E-state index contributed by atoms with van der Waals surface area (Å²) in [6.45, 7) is 4.16. The number of ketones is 1. The number of aryl methyl sites for hydroxylation is 1. The fourth-order valence-corrected chi connectivity index (χ4v) is 1.67. The molecule has 0 aromatic heterocycles. The molecule has 2 N–H and O–H groups in total. The van der Waals surface area contributed by atoms with Crippen molar-refractivity contribution < 1.29 is 19.1 Å². The van der Waals surface area contributed by atoms with Crippen molar-refractivity contribution in [1.29, 1.82) is 0 Å². The number of methoxy groups -OCH3 is 1. The van der Waals surface area contributed by atoms with Gasteiger partial charge in [0.2, 0.25) is 0 Å². The average molecular weight is 265 g/mol. The minimum atomic E-state index is -0.923. The van der Waals surface area contributed by atoms with Crippen LogP contribution in [0.3, 0.4) is 0 Å². The van der Waals surface area contributed by atoms with Crippen LogP contribution in [0.25, 0.3) is 0 Å². The van der Waals surface area contributed by atoms with Gasteiger partial charge in [0.25, 0.3) is 0 Å². The molecule has 0 aliphatic heterocycles. The summed E-state index contributed by atoms with van der Waals surface area (Å²) >= 11 is 0. The van der Waals surface area contributed by atoms with Crippen molar-refractivity contribution in [2.45, 2.75) is 26.3 Å². The second kappa shape index (κ2) is 6.89. The van der Waals surface area contributed by atoms with Gasteiger partial charge in [-0.1, -0.05) is 11.6 Å². The fourth-order valence-electron chi connectivity index (χ4n) is 1.67. The molecule has 1 aromatic rings. The third-order valence-electron chi connectivity index (χ3n) is 2.65. The van der Waals surface area contributed by atoms with Gasteiger partial charge < -0.3 is 15.2 Å². The Hall–Kier alpha value is -1.88. The number of hydrogen-bond donors (Lipinski definition) is 1. The number of hydrogen-bond acceptors (Lipinski definition) is 5. The lowest BCUT2D eigenvalue weighted by atomic mass is 9.99. The van der Waals surface area contributed by atoms with Gasteiger partial charge in [-0.15, -0.1) is 0 Å². The molecule has 1 atom stereocenters. The van der Waals surface area contributed by atoms with Crippen LogP contribution in [-0.2, 0) is 9.53 Å². The van der Waals surface area contributed by atoms with E-state index in [-0.39, 0.29) is 12.2 Å².